The van der Waals surface area contributed by atoms with Crippen molar-refractivity contribution in [2.75, 3.05) is 0 Å². The molecule has 0 aliphatic heterocycles. The molecule has 3 aromatic carbocycles. The lowest BCUT2D eigenvalue weighted by molar-refractivity contribution is 0.867. The van der Waals surface area contributed by atoms with E-state index in [4.69, 9.17) is 9.97 Å². The SMILES string of the molecule is CC(C)c1ccc(-c2nc(-c3ccccc3)cc(-c3ccccc3)n2)cc1. The molecule has 132 valence electrons. The van der Waals surface area contributed by atoms with Crippen molar-refractivity contribution in [3.05, 3.63) is 96.6 Å². The average Bonchev–Trinajstić information content (AvgIpc) is 2.75. The molecule has 0 saturated heterocycles. The summed E-state index contributed by atoms with van der Waals surface area (Å²) in [5, 5.41) is 0. The normalized spacial score (nSPS) is 10.9. The van der Waals surface area contributed by atoms with E-state index in [-0.39, 0.29) is 0 Å². The molecule has 0 spiro atoms. The quantitative estimate of drug-likeness (QED) is 0.414. The third kappa shape index (κ3) is 3.80. The largest absolute Gasteiger partial charge is 0.228 e. The van der Waals surface area contributed by atoms with Crippen LogP contribution in [0.4, 0.5) is 0 Å². The van der Waals surface area contributed by atoms with Gasteiger partial charge in [0.2, 0.25) is 0 Å². The topological polar surface area (TPSA) is 25.8 Å². The number of rotatable bonds is 4. The Kier molecular flexibility index (Phi) is 4.80. The van der Waals surface area contributed by atoms with E-state index in [2.05, 4.69) is 68.4 Å². The van der Waals surface area contributed by atoms with E-state index in [1.165, 1.54) is 5.56 Å². The van der Waals surface area contributed by atoms with Gasteiger partial charge in [-0.25, -0.2) is 9.97 Å². The second-order valence-corrected chi connectivity index (χ2v) is 6.97. The highest BCUT2D eigenvalue weighted by molar-refractivity contribution is 5.71. The van der Waals surface area contributed by atoms with Crippen LogP contribution in [0.1, 0.15) is 25.3 Å². The third-order valence-corrected chi connectivity index (χ3v) is 4.70. The average molecular weight is 350 g/mol. The molecule has 2 nitrogen and oxygen atoms in total. The molecule has 0 atom stereocenters. The summed E-state index contributed by atoms with van der Waals surface area (Å²) in [7, 11) is 0. The summed E-state index contributed by atoms with van der Waals surface area (Å²) in [4.78, 5) is 9.73. The molecule has 0 amide bonds. The van der Waals surface area contributed by atoms with Gasteiger partial charge >= 0.3 is 0 Å². The first-order valence-electron chi connectivity index (χ1n) is 9.31. The maximum Gasteiger partial charge on any atom is 0.160 e. The van der Waals surface area contributed by atoms with Gasteiger partial charge in [-0.05, 0) is 17.5 Å². The minimum absolute atomic E-state index is 0.510. The van der Waals surface area contributed by atoms with Crippen molar-refractivity contribution in [2.45, 2.75) is 19.8 Å². The van der Waals surface area contributed by atoms with Crippen LogP contribution in [0.5, 0.6) is 0 Å². The van der Waals surface area contributed by atoms with Gasteiger partial charge in [-0.3, -0.25) is 0 Å². The Morgan fingerprint density at radius 1 is 0.556 bits per heavy atom. The Balaban J connectivity index is 1.85. The predicted octanol–water partition coefficient (Wildman–Crippen LogP) is 6.60. The highest BCUT2D eigenvalue weighted by atomic mass is 14.9. The maximum atomic E-state index is 4.86. The van der Waals surface area contributed by atoms with E-state index in [1.807, 2.05) is 36.4 Å². The predicted molar refractivity (Wildman–Crippen MR) is 112 cm³/mol. The molecule has 2 heteroatoms. The third-order valence-electron chi connectivity index (χ3n) is 4.70. The molecule has 1 aromatic heterocycles. The van der Waals surface area contributed by atoms with E-state index in [9.17, 15) is 0 Å². The van der Waals surface area contributed by atoms with E-state index < -0.39 is 0 Å². The molecule has 27 heavy (non-hydrogen) atoms. The first-order valence-corrected chi connectivity index (χ1v) is 9.31. The van der Waals surface area contributed by atoms with Gasteiger partial charge in [0.05, 0.1) is 11.4 Å². The summed E-state index contributed by atoms with van der Waals surface area (Å²) in [6.07, 6.45) is 0. The smallest absolute Gasteiger partial charge is 0.160 e. The lowest BCUT2D eigenvalue weighted by Crippen LogP contribution is -1.96. The number of hydrogen-bond donors (Lipinski definition) is 0. The Labute approximate surface area is 160 Å². The van der Waals surface area contributed by atoms with Gasteiger partial charge in [0.15, 0.2) is 5.82 Å². The van der Waals surface area contributed by atoms with Crippen molar-refractivity contribution in [1.29, 1.82) is 0 Å². The zero-order chi connectivity index (χ0) is 18.6. The minimum atomic E-state index is 0.510. The molecule has 1 heterocycles. The summed E-state index contributed by atoms with van der Waals surface area (Å²) in [5.74, 6) is 1.26. The van der Waals surface area contributed by atoms with Gasteiger partial charge in [-0.1, -0.05) is 98.8 Å². The van der Waals surface area contributed by atoms with Crippen LogP contribution < -0.4 is 0 Å². The second-order valence-electron chi connectivity index (χ2n) is 6.97. The van der Waals surface area contributed by atoms with Crippen LogP contribution in [-0.2, 0) is 0 Å². The first kappa shape index (κ1) is 17.2. The zero-order valence-corrected chi connectivity index (χ0v) is 15.6. The monoisotopic (exact) mass is 350 g/mol. The van der Waals surface area contributed by atoms with Crippen molar-refractivity contribution in [1.82, 2.24) is 9.97 Å². The molecule has 0 unspecified atom stereocenters. The van der Waals surface area contributed by atoms with E-state index in [0.717, 1.165) is 33.9 Å². The number of nitrogens with zero attached hydrogens (tertiary/aromatic N) is 2. The van der Waals surface area contributed by atoms with Crippen LogP contribution in [-0.4, -0.2) is 9.97 Å². The Hall–Kier alpha value is -3.26. The molecular weight excluding hydrogens is 328 g/mol. The van der Waals surface area contributed by atoms with Crippen LogP contribution in [0.3, 0.4) is 0 Å². The van der Waals surface area contributed by atoms with Crippen LogP contribution in [0.15, 0.2) is 91.0 Å². The van der Waals surface area contributed by atoms with Gasteiger partial charge in [-0.15, -0.1) is 0 Å². The summed E-state index contributed by atoms with van der Waals surface area (Å²) in [6.45, 7) is 4.41. The molecule has 0 aliphatic carbocycles. The van der Waals surface area contributed by atoms with Gasteiger partial charge in [0, 0.05) is 16.7 Å². The van der Waals surface area contributed by atoms with Crippen LogP contribution >= 0.6 is 0 Å². The molecule has 4 rings (SSSR count). The van der Waals surface area contributed by atoms with E-state index in [1.54, 1.807) is 0 Å². The first-order chi connectivity index (χ1) is 13.2. The Morgan fingerprint density at radius 2 is 1.04 bits per heavy atom. The fourth-order valence-corrected chi connectivity index (χ4v) is 3.11. The Bertz CT molecular complexity index is 963. The van der Waals surface area contributed by atoms with E-state index >= 15 is 0 Å². The van der Waals surface area contributed by atoms with Gasteiger partial charge in [0.25, 0.3) is 0 Å². The zero-order valence-electron chi connectivity index (χ0n) is 15.6. The molecule has 0 N–H and O–H groups in total. The van der Waals surface area contributed by atoms with Gasteiger partial charge < -0.3 is 0 Å². The molecular formula is C25H22N2. The standard InChI is InChI=1S/C25H22N2/c1-18(2)19-13-15-22(16-14-19)25-26-23(20-9-5-3-6-10-20)17-24(27-25)21-11-7-4-8-12-21/h3-18H,1-2H3. The number of aromatic nitrogens is 2. The van der Waals surface area contributed by atoms with Crippen LogP contribution in [0.25, 0.3) is 33.9 Å². The Morgan fingerprint density at radius 3 is 1.48 bits per heavy atom. The molecule has 4 aromatic rings. The van der Waals surface area contributed by atoms with Crippen LogP contribution in [0.2, 0.25) is 0 Å². The van der Waals surface area contributed by atoms with Crippen molar-refractivity contribution in [3.63, 3.8) is 0 Å². The number of hydrogen-bond acceptors (Lipinski definition) is 2. The molecule has 0 aliphatic rings. The summed E-state index contributed by atoms with van der Waals surface area (Å²) in [5.41, 5.74) is 6.42. The highest BCUT2D eigenvalue weighted by Gasteiger charge is 2.10. The lowest BCUT2D eigenvalue weighted by atomic mass is 10.0. The molecule has 0 saturated carbocycles. The number of benzene rings is 3. The maximum absolute atomic E-state index is 4.86. The van der Waals surface area contributed by atoms with Gasteiger partial charge in [-0.2, -0.15) is 0 Å². The molecule has 0 bridgehead atoms. The van der Waals surface area contributed by atoms with E-state index in [0.29, 0.717) is 5.92 Å². The van der Waals surface area contributed by atoms with Crippen molar-refractivity contribution in [2.24, 2.45) is 0 Å². The minimum Gasteiger partial charge on any atom is -0.228 e. The lowest BCUT2D eigenvalue weighted by Gasteiger charge is -2.10. The fraction of sp³-hybridized carbons (Fsp3) is 0.120. The second kappa shape index (κ2) is 7.55. The van der Waals surface area contributed by atoms with Crippen molar-refractivity contribution in [3.8, 4) is 33.9 Å². The van der Waals surface area contributed by atoms with Crippen molar-refractivity contribution < 1.29 is 0 Å². The fourth-order valence-electron chi connectivity index (χ4n) is 3.11. The summed E-state index contributed by atoms with van der Waals surface area (Å²) >= 11 is 0. The molecule has 0 radical (unpaired) electrons. The van der Waals surface area contributed by atoms with Crippen molar-refractivity contribution >= 4 is 0 Å². The van der Waals surface area contributed by atoms with Gasteiger partial charge in [0.1, 0.15) is 0 Å². The summed E-state index contributed by atoms with van der Waals surface area (Å²) < 4.78 is 0. The highest BCUT2D eigenvalue weighted by Crippen LogP contribution is 2.28. The van der Waals surface area contributed by atoms with Crippen LogP contribution in [0, 0.1) is 0 Å². The molecule has 0 fully saturated rings. The summed E-state index contributed by atoms with van der Waals surface area (Å²) in [6, 6.07) is 31.2.